The Morgan fingerprint density at radius 1 is 1.06 bits per heavy atom. The number of aldehydes is 1. The van der Waals surface area contributed by atoms with Gasteiger partial charge in [0.15, 0.2) is 0 Å². The molecular weight excluding hydrogens is 454 g/mol. The van der Waals surface area contributed by atoms with Gasteiger partial charge in [0.1, 0.15) is 19.9 Å². The van der Waals surface area contributed by atoms with Crippen LogP contribution in [0, 0.1) is 6.92 Å². The quantitative estimate of drug-likeness (QED) is 0.348. The molecule has 0 aliphatic carbocycles. The van der Waals surface area contributed by atoms with Gasteiger partial charge < -0.3 is 9.39 Å². The van der Waals surface area contributed by atoms with Crippen LogP contribution in [0.3, 0.4) is 0 Å². The highest BCUT2D eigenvalue weighted by atomic mass is 16.5. The fourth-order valence-electron chi connectivity index (χ4n) is 3.35. The number of carbonyl (C=O) groups is 3. The van der Waals surface area contributed by atoms with Gasteiger partial charge in [-0.15, -0.1) is 0 Å². The van der Waals surface area contributed by atoms with Gasteiger partial charge in [-0.25, -0.2) is 5.01 Å². The van der Waals surface area contributed by atoms with Gasteiger partial charge >= 0.3 is 7.48 Å². The van der Waals surface area contributed by atoms with Crippen LogP contribution >= 0.6 is 0 Å². The molecule has 0 spiro atoms. The molecule has 0 aliphatic heterocycles. The molecule has 2 aromatic rings. The fraction of sp³-hybridized carbons (Fsp3) is 0.444. The largest absolute Gasteiger partial charge is 0.496 e. The number of ether oxygens (including phenoxy) is 1. The Morgan fingerprint density at radius 2 is 1.69 bits per heavy atom. The Morgan fingerprint density at radius 3 is 2.22 bits per heavy atom. The second kappa shape index (κ2) is 10.9. The van der Waals surface area contributed by atoms with E-state index in [0.717, 1.165) is 6.29 Å². The van der Waals surface area contributed by atoms with E-state index in [-0.39, 0.29) is 12.8 Å². The van der Waals surface area contributed by atoms with E-state index in [1.54, 1.807) is 50.4 Å². The molecule has 0 atom stereocenters. The van der Waals surface area contributed by atoms with Gasteiger partial charge in [0, 0.05) is 27.9 Å². The number of carbonyl (C=O) groups excluding carboxylic acids is 3. The van der Waals surface area contributed by atoms with Crippen molar-refractivity contribution in [3.05, 3.63) is 58.7 Å². The Labute approximate surface area is 216 Å². The van der Waals surface area contributed by atoms with E-state index >= 15 is 0 Å². The van der Waals surface area contributed by atoms with Crippen molar-refractivity contribution >= 4 is 38.9 Å². The lowest BCUT2D eigenvalue weighted by molar-refractivity contribution is 0.0358. The highest BCUT2D eigenvalue weighted by molar-refractivity contribution is 6.49. The first-order valence-electron chi connectivity index (χ1n) is 12.0. The fourth-order valence-corrected chi connectivity index (χ4v) is 3.35. The van der Waals surface area contributed by atoms with Crippen molar-refractivity contribution < 1.29 is 23.8 Å². The van der Waals surface area contributed by atoms with E-state index in [2.05, 4.69) is 27.1 Å². The third-order valence-corrected chi connectivity index (χ3v) is 6.75. The third-order valence-electron chi connectivity index (χ3n) is 6.75. The highest BCUT2D eigenvalue weighted by Gasteiger charge is 2.34. The normalized spacial score (nSPS) is 12.0. The van der Waals surface area contributed by atoms with E-state index in [0.29, 0.717) is 33.5 Å². The van der Waals surface area contributed by atoms with Gasteiger partial charge in [0.25, 0.3) is 11.8 Å². The molecule has 2 amide bonds. The number of nitrogens with one attached hydrogen (secondary N) is 1. The van der Waals surface area contributed by atoms with Crippen LogP contribution in [0.2, 0.25) is 5.31 Å². The lowest BCUT2D eigenvalue weighted by Gasteiger charge is -2.39. The van der Waals surface area contributed by atoms with Crippen molar-refractivity contribution in [2.45, 2.75) is 71.8 Å². The topological polar surface area (TPSA) is 84.9 Å². The van der Waals surface area contributed by atoms with Crippen molar-refractivity contribution in [3.8, 4) is 5.75 Å². The van der Waals surface area contributed by atoms with Crippen LogP contribution in [0.15, 0.2) is 36.4 Å². The lowest BCUT2D eigenvalue weighted by Crippen LogP contribution is -2.56. The Bertz CT molecular complexity index is 1130. The number of rotatable bonds is 8. The standard InChI is InChI=1S/C27H38B2N2O5/c1-17-20(11-10-12-22(17)35-9)23(33)30-31(25(2,3)4)24(34)18-13-14-19(16-32)21(15-18)29-36-27(7,8)26(5,6)28/h10-16,29H,28H2,1-9H3,(H,30,33). The van der Waals surface area contributed by atoms with Crippen LogP contribution in [0.4, 0.5) is 0 Å². The van der Waals surface area contributed by atoms with Gasteiger partial charge in [-0.1, -0.05) is 32.0 Å². The highest BCUT2D eigenvalue weighted by Crippen LogP contribution is 2.36. The SMILES string of the molecule is BC(C)(C)C(C)(C)OBc1cc(C(=O)N(NC(=O)c2cccc(OC)c2C)C(C)(C)C)ccc1C=O. The van der Waals surface area contributed by atoms with E-state index in [9.17, 15) is 14.4 Å². The number of benzene rings is 2. The van der Waals surface area contributed by atoms with Crippen molar-refractivity contribution in [1.82, 2.24) is 10.4 Å². The summed E-state index contributed by atoms with van der Waals surface area (Å²) in [6.07, 6.45) is 0.756. The maximum absolute atomic E-state index is 13.6. The van der Waals surface area contributed by atoms with Crippen molar-refractivity contribution in [2.75, 3.05) is 7.11 Å². The predicted octanol–water partition coefficient (Wildman–Crippen LogP) is 3.01. The minimum absolute atomic E-state index is 0.132. The first-order valence-corrected chi connectivity index (χ1v) is 12.0. The van der Waals surface area contributed by atoms with E-state index in [1.165, 1.54) is 5.01 Å². The Hall–Kier alpha value is -3.06. The Balaban J connectivity index is 2.39. The summed E-state index contributed by atoms with van der Waals surface area (Å²) in [5.74, 6) is -0.233. The number of hydrazine groups is 1. The molecular formula is C27H38B2N2O5. The molecule has 0 saturated carbocycles. The maximum atomic E-state index is 13.6. The summed E-state index contributed by atoms with van der Waals surface area (Å²) in [5.41, 5.74) is 4.07. The van der Waals surface area contributed by atoms with Gasteiger partial charge in [0.2, 0.25) is 0 Å². The minimum Gasteiger partial charge on any atom is -0.496 e. The van der Waals surface area contributed by atoms with Crippen LogP contribution < -0.4 is 15.6 Å². The minimum atomic E-state index is -0.728. The molecule has 0 unspecified atom stereocenters. The second-order valence-corrected chi connectivity index (χ2v) is 11.5. The lowest BCUT2D eigenvalue weighted by atomic mass is 9.61. The molecule has 7 nitrogen and oxygen atoms in total. The molecule has 9 heteroatoms. The molecule has 192 valence electrons. The summed E-state index contributed by atoms with van der Waals surface area (Å²) >= 11 is 0. The molecule has 36 heavy (non-hydrogen) atoms. The van der Waals surface area contributed by atoms with E-state index in [1.807, 2.05) is 34.6 Å². The molecule has 1 N–H and O–H groups in total. The summed E-state index contributed by atoms with van der Waals surface area (Å²) in [6, 6.07) is 10.0. The van der Waals surface area contributed by atoms with Crippen LogP contribution in [0.5, 0.6) is 5.75 Å². The van der Waals surface area contributed by atoms with Gasteiger partial charge in [0.05, 0.1) is 12.6 Å². The summed E-state index contributed by atoms with van der Waals surface area (Å²) < 4.78 is 11.5. The van der Waals surface area contributed by atoms with Crippen LogP contribution in [-0.2, 0) is 4.65 Å². The van der Waals surface area contributed by atoms with Crippen molar-refractivity contribution in [2.24, 2.45) is 0 Å². The van der Waals surface area contributed by atoms with E-state index in [4.69, 9.17) is 9.39 Å². The summed E-state index contributed by atoms with van der Waals surface area (Å²) in [6.45, 7) is 15.5. The van der Waals surface area contributed by atoms with Crippen molar-refractivity contribution in [3.63, 3.8) is 0 Å². The molecule has 2 rings (SSSR count). The number of hydrogen-bond donors (Lipinski definition) is 1. The summed E-state index contributed by atoms with van der Waals surface area (Å²) in [5, 5.41) is 1.18. The third kappa shape index (κ3) is 6.58. The van der Waals surface area contributed by atoms with Gasteiger partial charge in [-0.05, 0) is 70.5 Å². The zero-order valence-corrected chi connectivity index (χ0v) is 23.2. The molecule has 0 aliphatic rings. The molecule has 2 aromatic carbocycles. The zero-order valence-electron chi connectivity index (χ0n) is 23.2. The average Bonchev–Trinajstić information content (AvgIpc) is 2.79. The monoisotopic (exact) mass is 492 g/mol. The average molecular weight is 492 g/mol. The maximum Gasteiger partial charge on any atom is 0.310 e. The second-order valence-electron chi connectivity index (χ2n) is 11.5. The number of methoxy groups -OCH3 is 1. The van der Waals surface area contributed by atoms with Gasteiger partial charge in [-0.2, -0.15) is 0 Å². The number of nitrogens with zero attached hydrogens (tertiary/aromatic N) is 1. The Kier molecular flexibility index (Phi) is 8.84. The molecule has 0 fully saturated rings. The van der Waals surface area contributed by atoms with Crippen LogP contribution in [0.25, 0.3) is 0 Å². The van der Waals surface area contributed by atoms with E-state index < -0.39 is 23.0 Å². The predicted molar refractivity (Wildman–Crippen MR) is 147 cm³/mol. The summed E-state index contributed by atoms with van der Waals surface area (Å²) in [4.78, 5) is 38.5. The van der Waals surface area contributed by atoms with Crippen molar-refractivity contribution in [1.29, 1.82) is 0 Å². The van der Waals surface area contributed by atoms with Gasteiger partial charge in [-0.3, -0.25) is 19.8 Å². The summed E-state index contributed by atoms with van der Waals surface area (Å²) in [7, 11) is 3.80. The smallest absolute Gasteiger partial charge is 0.310 e. The number of amides is 2. The number of hydrogen-bond acceptors (Lipinski definition) is 5. The molecule has 0 aromatic heterocycles. The zero-order chi connectivity index (χ0) is 27.5. The first-order chi connectivity index (χ1) is 16.5. The molecule has 0 heterocycles. The van der Waals surface area contributed by atoms with Crippen LogP contribution in [-0.4, -0.2) is 56.7 Å². The molecule has 0 saturated heterocycles. The molecule has 0 bridgehead atoms. The molecule has 0 radical (unpaired) electrons. The van der Waals surface area contributed by atoms with Crippen LogP contribution in [0.1, 0.15) is 85.1 Å². The first kappa shape index (κ1) is 29.2.